The van der Waals surface area contributed by atoms with Crippen LogP contribution in [0.4, 0.5) is 5.82 Å². The van der Waals surface area contributed by atoms with Crippen molar-refractivity contribution >= 4 is 5.82 Å². The second-order valence-corrected chi connectivity index (χ2v) is 7.04. The van der Waals surface area contributed by atoms with Crippen molar-refractivity contribution in [2.45, 2.75) is 52.5 Å². The smallest absolute Gasteiger partial charge is 0.151 e. The molecule has 0 saturated carbocycles. The lowest BCUT2D eigenvalue weighted by molar-refractivity contribution is 0.188. The van der Waals surface area contributed by atoms with E-state index < -0.39 is 0 Å². The van der Waals surface area contributed by atoms with Gasteiger partial charge in [-0.15, -0.1) is 5.10 Å². The molecule has 21 heavy (non-hydrogen) atoms. The van der Waals surface area contributed by atoms with Gasteiger partial charge < -0.3 is 9.80 Å². The van der Waals surface area contributed by atoms with E-state index in [-0.39, 0.29) is 0 Å². The molecule has 0 radical (unpaired) electrons. The molecule has 2 aliphatic rings. The van der Waals surface area contributed by atoms with Gasteiger partial charge in [-0.25, -0.2) is 0 Å². The Morgan fingerprint density at radius 2 is 2.05 bits per heavy atom. The van der Waals surface area contributed by atoms with Crippen LogP contribution in [0.1, 0.15) is 45.2 Å². The summed E-state index contributed by atoms with van der Waals surface area (Å²) in [5.74, 6) is 1.06. The number of hydrogen-bond donors (Lipinski definition) is 0. The van der Waals surface area contributed by atoms with Gasteiger partial charge in [0.1, 0.15) is 0 Å². The molecule has 0 unspecified atom stereocenters. The number of anilines is 1. The number of likely N-dealkylation sites (tertiary alicyclic amines) is 1. The average molecular weight is 288 g/mol. The third-order valence-electron chi connectivity index (χ3n) is 5.45. The normalized spacial score (nSPS) is 28.2. The van der Waals surface area contributed by atoms with Crippen molar-refractivity contribution in [3.05, 3.63) is 17.8 Å². The predicted octanol–water partition coefficient (Wildman–Crippen LogP) is 2.88. The molecule has 0 aromatic carbocycles. The molecule has 4 nitrogen and oxygen atoms in total. The highest BCUT2D eigenvalue weighted by molar-refractivity contribution is 5.38. The molecule has 2 aliphatic heterocycles. The van der Waals surface area contributed by atoms with E-state index in [1.54, 1.807) is 0 Å². The molecule has 0 amide bonds. The zero-order valence-electron chi connectivity index (χ0n) is 13.7. The van der Waals surface area contributed by atoms with Gasteiger partial charge in [0.25, 0.3) is 0 Å². The summed E-state index contributed by atoms with van der Waals surface area (Å²) in [5, 5.41) is 8.61. The fraction of sp³-hybridized carbons (Fsp3) is 0.765. The Morgan fingerprint density at radius 3 is 2.76 bits per heavy atom. The van der Waals surface area contributed by atoms with Gasteiger partial charge in [0.15, 0.2) is 5.82 Å². The average Bonchev–Trinajstić information content (AvgIpc) is 2.91. The van der Waals surface area contributed by atoms with Gasteiger partial charge >= 0.3 is 0 Å². The maximum atomic E-state index is 4.39. The largest absolute Gasteiger partial charge is 0.355 e. The zero-order valence-corrected chi connectivity index (χ0v) is 13.7. The topological polar surface area (TPSA) is 32.3 Å². The number of nitrogens with zero attached hydrogens (tertiary/aromatic N) is 4. The van der Waals surface area contributed by atoms with Gasteiger partial charge in [-0.1, -0.05) is 6.92 Å². The maximum Gasteiger partial charge on any atom is 0.151 e. The van der Waals surface area contributed by atoms with Gasteiger partial charge in [0.2, 0.25) is 0 Å². The molecule has 4 heteroatoms. The molecule has 1 aromatic rings. The van der Waals surface area contributed by atoms with Crippen molar-refractivity contribution in [1.29, 1.82) is 0 Å². The summed E-state index contributed by atoms with van der Waals surface area (Å²) in [5.41, 5.74) is 1.48. The van der Waals surface area contributed by atoms with E-state index in [0.29, 0.717) is 5.41 Å². The fourth-order valence-electron chi connectivity index (χ4n) is 3.90. The third-order valence-corrected chi connectivity index (χ3v) is 5.45. The van der Waals surface area contributed by atoms with Crippen LogP contribution in [-0.4, -0.2) is 47.3 Å². The third kappa shape index (κ3) is 3.05. The van der Waals surface area contributed by atoms with Gasteiger partial charge in [0, 0.05) is 31.1 Å². The van der Waals surface area contributed by atoms with Crippen molar-refractivity contribution in [3.63, 3.8) is 0 Å². The number of aryl methyl sites for hydroxylation is 1. The van der Waals surface area contributed by atoms with Crippen LogP contribution in [-0.2, 0) is 0 Å². The molecular weight excluding hydrogens is 260 g/mol. The Kier molecular flexibility index (Phi) is 4.16. The van der Waals surface area contributed by atoms with Gasteiger partial charge in [-0.3, -0.25) is 0 Å². The van der Waals surface area contributed by atoms with Crippen molar-refractivity contribution in [2.24, 2.45) is 5.41 Å². The molecule has 2 fully saturated rings. The first-order valence-corrected chi connectivity index (χ1v) is 8.41. The van der Waals surface area contributed by atoms with Crippen LogP contribution >= 0.6 is 0 Å². The summed E-state index contributed by atoms with van der Waals surface area (Å²) >= 11 is 0. The quantitative estimate of drug-likeness (QED) is 0.856. The van der Waals surface area contributed by atoms with Crippen LogP contribution in [0.5, 0.6) is 0 Å². The van der Waals surface area contributed by atoms with Gasteiger partial charge in [-0.05, 0) is 58.2 Å². The Morgan fingerprint density at radius 1 is 1.19 bits per heavy atom. The highest BCUT2D eigenvalue weighted by Crippen LogP contribution is 2.40. The summed E-state index contributed by atoms with van der Waals surface area (Å²) in [6.07, 6.45) is 5.25. The first kappa shape index (κ1) is 14.8. The summed E-state index contributed by atoms with van der Waals surface area (Å²) < 4.78 is 0. The minimum atomic E-state index is 0.480. The van der Waals surface area contributed by atoms with E-state index in [4.69, 9.17) is 0 Å². The fourth-order valence-corrected chi connectivity index (χ4v) is 3.90. The Balaban J connectivity index is 1.70. The van der Waals surface area contributed by atoms with E-state index in [1.165, 1.54) is 38.8 Å². The molecule has 1 spiro atoms. The van der Waals surface area contributed by atoms with Crippen molar-refractivity contribution in [1.82, 2.24) is 15.1 Å². The van der Waals surface area contributed by atoms with E-state index in [9.17, 15) is 0 Å². The van der Waals surface area contributed by atoms with Gasteiger partial charge in [-0.2, -0.15) is 5.10 Å². The molecule has 0 aliphatic carbocycles. The highest BCUT2D eigenvalue weighted by atomic mass is 15.3. The monoisotopic (exact) mass is 288 g/mol. The minimum Gasteiger partial charge on any atom is -0.355 e. The SMILES string of the molecule is CC[C@H](C)N1CC[C@]2(CCCN(c3ccc(C)nn3)C2)C1. The van der Waals surface area contributed by atoms with E-state index >= 15 is 0 Å². The number of piperidine rings is 1. The Hall–Kier alpha value is -1.16. The summed E-state index contributed by atoms with van der Waals surface area (Å²) in [4.78, 5) is 5.14. The zero-order chi connectivity index (χ0) is 14.9. The summed E-state index contributed by atoms with van der Waals surface area (Å²) in [6, 6.07) is 4.92. The minimum absolute atomic E-state index is 0.480. The molecule has 1 aromatic heterocycles. The van der Waals surface area contributed by atoms with E-state index in [2.05, 4.69) is 46.0 Å². The van der Waals surface area contributed by atoms with Crippen molar-refractivity contribution < 1.29 is 0 Å². The lowest BCUT2D eigenvalue weighted by atomic mass is 9.79. The molecule has 3 rings (SSSR count). The molecular formula is C17H28N4. The predicted molar refractivity (Wildman–Crippen MR) is 86.6 cm³/mol. The Labute approximate surface area is 128 Å². The number of rotatable bonds is 3. The van der Waals surface area contributed by atoms with Crippen LogP contribution in [0.25, 0.3) is 0 Å². The van der Waals surface area contributed by atoms with Gasteiger partial charge in [0.05, 0.1) is 5.69 Å². The highest BCUT2D eigenvalue weighted by Gasteiger charge is 2.42. The van der Waals surface area contributed by atoms with Crippen molar-refractivity contribution in [3.8, 4) is 0 Å². The number of aromatic nitrogens is 2. The molecule has 2 atom stereocenters. The summed E-state index contributed by atoms with van der Waals surface area (Å²) in [6.45, 7) is 11.5. The van der Waals surface area contributed by atoms with Crippen molar-refractivity contribution in [2.75, 3.05) is 31.1 Å². The molecule has 3 heterocycles. The molecule has 116 valence electrons. The summed E-state index contributed by atoms with van der Waals surface area (Å²) in [7, 11) is 0. The molecule has 2 saturated heterocycles. The second-order valence-electron chi connectivity index (χ2n) is 7.04. The maximum absolute atomic E-state index is 4.39. The van der Waals surface area contributed by atoms with E-state index in [0.717, 1.165) is 30.6 Å². The van der Waals surface area contributed by atoms with Crippen LogP contribution in [0.3, 0.4) is 0 Å². The molecule has 0 bridgehead atoms. The van der Waals surface area contributed by atoms with Crippen LogP contribution in [0.15, 0.2) is 12.1 Å². The first-order valence-electron chi connectivity index (χ1n) is 8.41. The van der Waals surface area contributed by atoms with E-state index in [1.807, 2.05) is 6.92 Å². The first-order chi connectivity index (χ1) is 10.1. The lowest BCUT2D eigenvalue weighted by Gasteiger charge is -2.41. The standard InChI is InChI=1S/C17H28N4/c1-4-15(3)20-11-9-17(12-20)8-5-10-21(13-17)16-7-6-14(2)18-19-16/h6-7,15H,4-5,8-13H2,1-3H3/t15-,17+/m0/s1. The number of hydrogen-bond acceptors (Lipinski definition) is 4. The van der Waals surface area contributed by atoms with Crippen LogP contribution < -0.4 is 4.90 Å². The lowest BCUT2D eigenvalue weighted by Crippen LogP contribution is -2.46. The Bertz CT molecular complexity index is 472. The van der Waals surface area contributed by atoms with Crippen LogP contribution in [0.2, 0.25) is 0 Å². The molecule has 0 N–H and O–H groups in total. The van der Waals surface area contributed by atoms with Crippen LogP contribution in [0, 0.1) is 12.3 Å². The second kappa shape index (κ2) is 5.91.